The largest absolute Gasteiger partial charge is 0.348 e. The highest BCUT2D eigenvalue weighted by Crippen LogP contribution is 2.25. The third-order valence-electron chi connectivity index (χ3n) is 5.91. The second kappa shape index (κ2) is 8.65. The third kappa shape index (κ3) is 4.75. The minimum absolute atomic E-state index is 0.00874. The number of amides is 1. The fourth-order valence-corrected chi connectivity index (χ4v) is 4.48. The van der Waals surface area contributed by atoms with Crippen molar-refractivity contribution in [1.29, 1.82) is 0 Å². The molecule has 2 fully saturated rings. The van der Waals surface area contributed by atoms with Crippen molar-refractivity contribution in [1.82, 2.24) is 25.0 Å². The Labute approximate surface area is 161 Å². The Hall–Kier alpha value is -2.21. The molecule has 1 N–H and O–H groups in total. The zero-order valence-electron chi connectivity index (χ0n) is 15.9. The van der Waals surface area contributed by atoms with Crippen LogP contribution in [-0.2, 0) is 0 Å². The van der Waals surface area contributed by atoms with E-state index >= 15 is 0 Å². The number of piperidine rings is 1. The van der Waals surface area contributed by atoms with Gasteiger partial charge in [-0.15, -0.1) is 10.2 Å². The highest BCUT2D eigenvalue weighted by atomic mass is 16.1. The van der Waals surface area contributed by atoms with Gasteiger partial charge in [-0.3, -0.25) is 9.36 Å². The summed E-state index contributed by atoms with van der Waals surface area (Å²) in [5, 5.41) is 10.9. The van der Waals surface area contributed by atoms with Gasteiger partial charge in [0.15, 0.2) is 0 Å². The number of hydrogen-bond donors (Lipinski definition) is 1. The van der Waals surface area contributed by atoms with Crippen LogP contribution in [0.15, 0.2) is 36.9 Å². The lowest BCUT2D eigenvalue weighted by Crippen LogP contribution is -2.48. The van der Waals surface area contributed by atoms with E-state index < -0.39 is 0 Å². The van der Waals surface area contributed by atoms with Gasteiger partial charge in [-0.1, -0.05) is 25.3 Å². The van der Waals surface area contributed by atoms with Crippen LogP contribution in [0, 0.1) is 5.92 Å². The Kier molecular flexibility index (Phi) is 5.82. The predicted molar refractivity (Wildman–Crippen MR) is 105 cm³/mol. The van der Waals surface area contributed by atoms with Gasteiger partial charge in [-0.2, -0.15) is 0 Å². The topological polar surface area (TPSA) is 63.1 Å². The maximum absolute atomic E-state index is 12.8. The zero-order chi connectivity index (χ0) is 18.5. The molecular formula is C21H29N5O. The minimum Gasteiger partial charge on any atom is -0.348 e. The molecule has 1 saturated carbocycles. The van der Waals surface area contributed by atoms with Crippen LogP contribution in [0.3, 0.4) is 0 Å². The van der Waals surface area contributed by atoms with Gasteiger partial charge in [-0.25, -0.2) is 0 Å². The van der Waals surface area contributed by atoms with Gasteiger partial charge < -0.3 is 10.2 Å². The quantitative estimate of drug-likeness (QED) is 0.882. The van der Waals surface area contributed by atoms with Crippen molar-refractivity contribution in [2.45, 2.75) is 51.0 Å². The average Bonchev–Trinajstić information content (AvgIpc) is 3.24. The molecule has 1 aliphatic heterocycles. The molecule has 1 unspecified atom stereocenters. The number of nitrogens with zero attached hydrogens (tertiary/aromatic N) is 4. The Morgan fingerprint density at radius 2 is 1.89 bits per heavy atom. The van der Waals surface area contributed by atoms with Crippen molar-refractivity contribution < 1.29 is 4.79 Å². The van der Waals surface area contributed by atoms with Crippen molar-refractivity contribution >= 4 is 5.91 Å². The van der Waals surface area contributed by atoms with Crippen LogP contribution in [0.5, 0.6) is 0 Å². The van der Waals surface area contributed by atoms with E-state index in [4.69, 9.17) is 0 Å². The second-order valence-electron chi connectivity index (χ2n) is 8.00. The van der Waals surface area contributed by atoms with Gasteiger partial charge in [-0.05, 0) is 56.3 Å². The van der Waals surface area contributed by atoms with Crippen molar-refractivity contribution in [3.05, 3.63) is 42.5 Å². The summed E-state index contributed by atoms with van der Waals surface area (Å²) in [7, 11) is 0. The fraction of sp³-hybridized carbons (Fsp3) is 0.571. The molecule has 144 valence electrons. The molecule has 1 amide bonds. The number of likely N-dealkylation sites (tertiary alicyclic amines) is 1. The SMILES string of the molecule is O=C(NC1CCCN(CC2CCCCC2)C1)c1cccc(-n2cnnc2)c1. The summed E-state index contributed by atoms with van der Waals surface area (Å²) in [5.41, 5.74) is 1.58. The zero-order valence-corrected chi connectivity index (χ0v) is 15.9. The number of carbonyl (C=O) groups excluding carboxylic acids is 1. The Balaban J connectivity index is 1.34. The number of nitrogens with one attached hydrogen (secondary N) is 1. The molecule has 1 aromatic heterocycles. The lowest BCUT2D eigenvalue weighted by molar-refractivity contribution is 0.0890. The molecule has 1 saturated heterocycles. The molecule has 0 spiro atoms. The van der Waals surface area contributed by atoms with E-state index in [2.05, 4.69) is 20.4 Å². The Morgan fingerprint density at radius 3 is 2.70 bits per heavy atom. The van der Waals surface area contributed by atoms with E-state index in [0.29, 0.717) is 5.56 Å². The first kappa shape index (κ1) is 18.2. The van der Waals surface area contributed by atoms with Crippen LogP contribution in [0.1, 0.15) is 55.3 Å². The molecule has 2 heterocycles. The minimum atomic E-state index is 0.00874. The summed E-state index contributed by atoms with van der Waals surface area (Å²) < 4.78 is 1.81. The first-order chi connectivity index (χ1) is 13.3. The normalized spacial score (nSPS) is 21.9. The van der Waals surface area contributed by atoms with Crippen LogP contribution in [0.2, 0.25) is 0 Å². The van der Waals surface area contributed by atoms with E-state index in [1.807, 2.05) is 28.8 Å². The van der Waals surface area contributed by atoms with E-state index in [0.717, 1.165) is 24.6 Å². The van der Waals surface area contributed by atoms with Crippen LogP contribution >= 0.6 is 0 Å². The maximum Gasteiger partial charge on any atom is 0.251 e. The van der Waals surface area contributed by atoms with E-state index in [1.165, 1.54) is 51.6 Å². The van der Waals surface area contributed by atoms with Gasteiger partial charge >= 0.3 is 0 Å². The predicted octanol–water partition coefficient (Wildman–Crippen LogP) is 3.04. The molecular weight excluding hydrogens is 338 g/mol. The van der Waals surface area contributed by atoms with E-state index in [1.54, 1.807) is 12.7 Å². The summed E-state index contributed by atoms with van der Waals surface area (Å²) in [5.74, 6) is 0.864. The first-order valence-electron chi connectivity index (χ1n) is 10.3. The van der Waals surface area contributed by atoms with Crippen LogP contribution in [0.25, 0.3) is 5.69 Å². The lowest BCUT2D eigenvalue weighted by Gasteiger charge is -2.36. The van der Waals surface area contributed by atoms with Gasteiger partial charge in [0, 0.05) is 30.4 Å². The molecule has 2 aromatic rings. The molecule has 1 aromatic carbocycles. The summed E-state index contributed by atoms with van der Waals surface area (Å²) in [4.78, 5) is 15.3. The number of carbonyl (C=O) groups is 1. The lowest BCUT2D eigenvalue weighted by atomic mass is 9.88. The van der Waals surface area contributed by atoms with Crippen LogP contribution in [0.4, 0.5) is 0 Å². The fourth-order valence-electron chi connectivity index (χ4n) is 4.48. The second-order valence-corrected chi connectivity index (χ2v) is 8.00. The van der Waals surface area contributed by atoms with Crippen molar-refractivity contribution in [3.8, 4) is 5.69 Å². The molecule has 6 nitrogen and oxygen atoms in total. The number of benzene rings is 1. The number of hydrogen-bond acceptors (Lipinski definition) is 4. The van der Waals surface area contributed by atoms with Crippen molar-refractivity contribution in [2.75, 3.05) is 19.6 Å². The molecule has 0 radical (unpaired) electrons. The monoisotopic (exact) mass is 367 g/mol. The molecule has 1 atom stereocenters. The molecule has 0 bridgehead atoms. The molecule has 27 heavy (non-hydrogen) atoms. The number of rotatable bonds is 5. The van der Waals surface area contributed by atoms with Crippen LogP contribution in [-0.4, -0.2) is 51.2 Å². The standard InChI is InChI=1S/C21H29N5O/c27-21(18-8-4-10-20(12-18)26-15-22-23-16-26)24-19-9-5-11-25(14-19)13-17-6-2-1-3-7-17/h4,8,10,12,15-17,19H,1-3,5-7,9,11,13-14H2,(H,24,27). The molecule has 2 aliphatic rings. The third-order valence-corrected chi connectivity index (χ3v) is 5.91. The van der Waals surface area contributed by atoms with Gasteiger partial charge in [0.2, 0.25) is 0 Å². The highest BCUT2D eigenvalue weighted by molar-refractivity contribution is 5.94. The van der Waals surface area contributed by atoms with E-state index in [-0.39, 0.29) is 11.9 Å². The Morgan fingerprint density at radius 1 is 1.07 bits per heavy atom. The first-order valence-corrected chi connectivity index (χ1v) is 10.3. The summed E-state index contributed by atoms with van der Waals surface area (Å²) in [6, 6.07) is 7.86. The highest BCUT2D eigenvalue weighted by Gasteiger charge is 2.24. The summed E-state index contributed by atoms with van der Waals surface area (Å²) in [6.07, 6.45) is 12.5. The average molecular weight is 367 g/mol. The summed E-state index contributed by atoms with van der Waals surface area (Å²) >= 11 is 0. The van der Waals surface area contributed by atoms with Crippen LogP contribution < -0.4 is 5.32 Å². The smallest absolute Gasteiger partial charge is 0.251 e. The molecule has 4 rings (SSSR count). The van der Waals surface area contributed by atoms with Crippen molar-refractivity contribution in [2.24, 2.45) is 5.92 Å². The van der Waals surface area contributed by atoms with Gasteiger partial charge in [0.05, 0.1) is 0 Å². The van der Waals surface area contributed by atoms with Gasteiger partial charge in [0.25, 0.3) is 5.91 Å². The number of aromatic nitrogens is 3. The summed E-state index contributed by atoms with van der Waals surface area (Å²) in [6.45, 7) is 3.36. The van der Waals surface area contributed by atoms with E-state index in [9.17, 15) is 4.79 Å². The molecule has 1 aliphatic carbocycles. The van der Waals surface area contributed by atoms with Crippen molar-refractivity contribution in [3.63, 3.8) is 0 Å². The van der Waals surface area contributed by atoms with Gasteiger partial charge in [0.1, 0.15) is 12.7 Å². The Bertz CT molecular complexity index is 739. The molecule has 6 heteroatoms. The maximum atomic E-state index is 12.8.